The average Bonchev–Trinajstić information content (AvgIpc) is 2.32. The van der Waals surface area contributed by atoms with Crippen LogP contribution in [-0.2, 0) is 9.53 Å². The number of nitrogens with one attached hydrogen (secondary N) is 1. The van der Waals surface area contributed by atoms with Crippen molar-refractivity contribution in [3.63, 3.8) is 0 Å². The van der Waals surface area contributed by atoms with Gasteiger partial charge in [-0.05, 0) is 18.2 Å². The highest BCUT2D eigenvalue weighted by Gasteiger charge is 2.25. The lowest BCUT2D eigenvalue weighted by molar-refractivity contribution is -0.122. The molecule has 2 rings (SSSR count). The Hall–Kier alpha value is -1.75. The summed E-state index contributed by atoms with van der Waals surface area (Å²) in [7, 11) is 3.39. The first kappa shape index (κ1) is 10.8. The highest BCUT2D eigenvalue weighted by atomic mass is 16.5. The summed E-state index contributed by atoms with van der Waals surface area (Å²) < 4.78 is 10.3. The van der Waals surface area contributed by atoms with Gasteiger partial charge in [0, 0.05) is 19.8 Å². The molecule has 0 radical (unpaired) electrons. The molecule has 0 bridgehead atoms. The van der Waals surface area contributed by atoms with E-state index in [1.165, 1.54) is 0 Å². The first-order valence-electron chi connectivity index (χ1n) is 5.00. The van der Waals surface area contributed by atoms with Gasteiger partial charge in [-0.25, -0.2) is 0 Å². The topological polar surface area (TPSA) is 50.8 Å². The fraction of sp³-hybridized carbons (Fsp3) is 0.364. The molecule has 0 unspecified atom stereocenters. The van der Waals surface area contributed by atoms with Gasteiger partial charge in [0.05, 0.1) is 5.69 Å². The van der Waals surface area contributed by atoms with Crippen LogP contribution in [0.1, 0.15) is 0 Å². The molecule has 1 aliphatic heterocycles. The van der Waals surface area contributed by atoms with Crippen LogP contribution in [0.3, 0.4) is 0 Å². The van der Waals surface area contributed by atoms with E-state index in [-0.39, 0.29) is 19.2 Å². The minimum atomic E-state index is -0.0948. The zero-order chi connectivity index (χ0) is 11.5. The first-order valence-corrected chi connectivity index (χ1v) is 5.00. The van der Waals surface area contributed by atoms with E-state index in [4.69, 9.17) is 9.47 Å². The van der Waals surface area contributed by atoms with E-state index >= 15 is 0 Å². The summed E-state index contributed by atoms with van der Waals surface area (Å²) in [5.41, 5.74) is 1.67. The lowest BCUT2D eigenvalue weighted by atomic mass is 10.2. The summed E-state index contributed by atoms with van der Waals surface area (Å²) in [4.78, 5) is 13.2. The van der Waals surface area contributed by atoms with Crippen molar-refractivity contribution in [1.29, 1.82) is 0 Å². The van der Waals surface area contributed by atoms with Crippen molar-refractivity contribution < 1.29 is 14.3 Å². The van der Waals surface area contributed by atoms with Crippen LogP contribution < -0.4 is 15.0 Å². The number of nitrogens with zero attached hydrogens (tertiary/aromatic N) is 1. The number of amides is 1. The molecule has 86 valence electrons. The number of hydrogen-bond acceptors (Lipinski definition) is 4. The van der Waals surface area contributed by atoms with E-state index in [0.717, 1.165) is 11.4 Å². The average molecular weight is 222 g/mol. The van der Waals surface area contributed by atoms with Crippen LogP contribution in [0, 0.1) is 0 Å². The minimum Gasteiger partial charge on any atom is -0.482 e. The highest BCUT2D eigenvalue weighted by molar-refractivity contribution is 5.98. The molecule has 0 spiro atoms. The van der Waals surface area contributed by atoms with Gasteiger partial charge < -0.3 is 14.8 Å². The van der Waals surface area contributed by atoms with Crippen molar-refractivity contribution in [3.8, 4) is 5.75 Å². The molecule has 0 aromatic heterocycles. The molecule has 1 heterocycles. The standard InChI is InChI=1S/C11H14N2O3/c1-12-8-3-4-10-9(5-8)13(7-15-2)11(14)6-16-10/h3-5,12H,6-7H2,1-2H3. The summed E-state index contributed by atoms with van der Waals surface area (Å²) in [5.74, 6) is 0.609. The van der Waals surface area contributed by atoms with Crippen molar-refractivity contribution in [1.82, 2.24) is 0 Å². The largest absolute Gasteiger partial charge is 0.482 e. The van der Waals surface area contributed by atoms with Crippen molar-refractivity contribution in [2.45, 2.75) is 0 Å². The Balaban J connectivity index is 2.39. The molecule has 0 fully saturated rings. The van der Waals surface area contributed by atoms with Crippen molar-refractivity contribution in [2.24, 2.45) is 0 Å². The van der Waals surface area contributed by atoms with Crippen molar-refractivity contribution >= 4 is 17.3 Å². The van der Waals surface area contributed by atoms with E-state index in [1.54, 1.807) is 12.0 Å². The molecular formula is C11H14N2O3. The van der Waals surface area contributed by atoms with Gasteiger partial charge >= 0.3 is 0 Å². The Morgan fingerprint density at radius 1 is 1.56 bits per heavy atom. The Bertz CT molecular complexity index is 406. The number of hydrogen-bond donors (Lipinski definition) is 1. The van der Waals surface area contributed by atoms with Crippen LogP contribution in [-0.4, -0.2) is 33.4 Å². The van der Waals surface area contributed by atoms with E-state index in [2.05, 4.69) is 5.32 Å². The number of carbonyl (C=O) groups is 1. The maximum atomic E-state index is 11.6. The van der Waals surface area contributed by atoms with E-state index in [1.807, 2.05) is 25.2 Å². The van der Waals surface area contributed by atoms with Crippen molar-refractivity contribution in [3.05, 3.63) is 18.2 Å². The summed E-state index contributed by atoms with van der Waals surface area (Å²) in [6, 6.07) is 5.61. The number of ether oxygens (including phenoxy) is 2. The second-order valence-corrected chi connectivity index (χ2v) is 3.46. The first-order chi connectivity index (χ1) is 7.76. The van der Waals surface area contributed by atoms with Gasteiger partial charge in [0.1, 0.15) is 12.5 Å². The molecule has 5 nitrogen and oxygen atoms in total. The van der Waals surface area contributed by atoms with Crippen LogP contribution in [0.4, 0.5) is 11.4 Å². The van der Waals surface area contributed by atoms with E-state index < -0.39 is 0 Å². The molecule has 1 amide bonds. The van der Waals surface area contributed by atoms with Gasteiger partial charge in [0.2, 0.25) is 0 Å². The monoisotopic (exact) mass is 222 g/mol. The number of fused-ring (bicyclic) bond motifs is 1. The molecule has 1 aromatic rings. The predicted octanol–water partition coefficient (Wildman–Crippen LogP) is 1.06. The van der Waals surface area contributed by atoms with E-state index in [0.29, 0.717) is 5.75 Å². The van der Waals surface area contributed by atoms with Crippen LogP contribution in [0.5, 0.6) is 5.75 Å². The summed E-state index contributed by atoms with van der Waals surface area (Å²) in [5, 5.41) is 3.02. The number of anilines is 2. The Labute approximate surface area is 93.9 Å². The third kappa shape index (κ3) is 1.81. The molecular weight excluding hydrogens is 208 g/mol. The molecule has 0 saturated carbocycles. The van der Waals surface area contributed by atoms with Gasteiger partial charge in [-0.3, -0.25) is 9.69 Å². The predicted molar refractivity (Wildman–Crippen MR) is 60.8 cm³/mol. The Morgan fingerprint density at radius 3 is 3.06 bits per heavy atom. The quantitative estimate of drug-likeness (QED) is 0.830. The number of benzene rings is 1. The van der Waals surface area contributed by atoms with Gasteiger partial charge in [-0.15, -0.1) is 0 Å². The normalized spacial score (nSPS) is 14.4. The summed E-state index contributed by atoms with van der Waals surface area (Å²) >= 11 is 0. The molecule has 0 saturated heterocycles. The fourth-order valence-corrected chi connectivity index (χ4v) is 1.63. The third-order valence-corrected chi connectivity index (χ3v) is 2.45. The molecule has 0 atom stereocenters. The highest BCUT2D eigenvalue weighted by Crippen LogP contribution is 2.34. The Morgan fingerprint density at radius 2 is 2.38 bits per heavy atom. The summed E-state index contributed by atoms with van der Waals surface area (Å²) in [6.07, 6.45) is 0. The van der Waals surface area contributed by atoms with Crippen molar-refractivity contribution in [2.75, 3.05) is 37.7 Å². The Kier molecular flexibility index (Phi) is 2.96. The molecule has 5 heteroatoms. The van der Waals surface area contributed by atoms with Gasteiger partial charge in [-0.1, -0.05) is 0 Å². The van der Waals surface area contributed by atoms with Gasteiger partial charge in [0.25, 0.3) is 5.91 Å². The third-order valence-electron chi connectivity index (χ3n) is 2.45. The minimum absolute atomic E-state index is 0.0647. The number of rotatable bonds is 3. The smallest absolute Gasteiger partial charge is 0.266 e. The van der Waals surface area contributed by atoms with Crippen LogP contribution >= 0.6 is 0 Å². The van der Waals surface area contributed by atoms with E-state index in [9.17, 15) is 4.79 Å². The summed E-state index contributed by atoms with van der Waals surface area (Å²) in [6.45, 7) is 0.303. The molecule has 0 aliphatic carbocycles. The second kappa shape index (κ2) is 4.40. The zero-order valence-electron chi connectivity index (χ0n) is 9.32. The zero-order valence-corrected chi connectivity index (χ0v) is 9.32. The molecule has 1 aromatic carbocycles. The van der Waals surface area contributed by atoms with Crippen LogP contribution in [0.25, 0.3) is 0 Å². The SMILES string of the molecule is CNc1ccc2c(c1)N(COC)C(=O)CO2. The fourth-order valence-electron chi connectivity index (χ4n) is 1.63. The molecule has 1 N–H and O–H groups in total. The number of carbonyl (C=O) groups excluding carboxylic acids is 1. The van der Waals surface area contributed by atoms with Crippen LogP contribution in [0.2, 0.25) is 0 Å². The second-order valence-electron chi connectivity index (χ2n) is 3.46. The van der Waals surface area contributed by atoms with Gasteiger partial charge in [0.15, 0.2) is 6.61 Å². The molecule has 16 heavy (non-hydrogen) atoms. The lowest BCUT2D eigenvalue weighted by Crippen LogP contribution is -2.39. The molecule has 1 aliphatic rings. The maximum Gasteiger partial charge on any atom is 0.266 e. The van der Waals surface area contributed by atoms with Crippen LogP contribution in [0.15, 0.2) is 18.2 Å². The van der Waals surface area contributed by atoms with Gasteiger partial charge in [-0.2, -0.15) is 0 Å². The maximum absolute atomic E-state index is 11.6. The number of methoxy groups -OCH3 is 1. The lowest BCUT2D eigenvalue weighted by Gasteiger charge is -2.28.